The highest BCUT2D eigenvalue weighted by molar-refractivity contribution is 5.98. The number of alkyl halides is 6. The van der Waals surface area contributed by atoms with Crippen LogP contribution in [0.4, 0.5) is 31.1 Å². The van der Waals surface area contributed by atoms with Crippen LogP contribution in [0.3, 0.4) is 0 Å². The molecule has 1 atom stereocenters. The summed E-state index contributed by atoms with van der Waals surface area (Å²) in [7, 11) is 0. The van der Waals surface area contributed by atoms with Crippen LogP contribution in [-0.4, -0.2) is 41.4 Å². The van der Waals surface area contributed by atoms with E-state index in [2.05, 4.69) is 26.4 Å². The lowest BCUT2D eigenvalue weighted by Gasteiger charge is -2.20. The molecule has 13 nitrogen and oxygen atoms in total. The highest BCUT2D eigenvalue weighted by Crippen LogP contribution is 2.36. The molecule has 2 aromatic carbocycles. The van der Waals surface area contributed by atoms with Gasteiger partial charge in [0.15, 0.2) is 5.03 Å². The van der Waals surface area contributed by atoms with E-state index in [-0.39, 0.29) is 50.7 Å². The van der Waals surface area contributed by atoms with Crippen molar-refractivity contribution in [3.63, 3.8) is 0 Å². The summed E-state index contributed by atoms with van der Waals surface area (Å²) in [5.74, 6) is -2.78. The molecule has 0 spiro atoms. The molecule has 0 unspecified atom stereocenters. The van der Waals surface area contributed by atoms with Crippen molar-refractivity contribution < 1.29 is 45.8 Å². The lowest BCUT2D eigenvalue weighted by Crippen LogP contribution is -2.47. The van der Waals surface area contributed by atoms with Crippen LogP contribution >= 0.6 is 0 Å². The fourth-order valence-electron chi connectivity index (χ4n) is 3.52. The van der Waals surface area contributed by atoms with Gasteiger partial charge in [0.25, 0.3) is 11.9 Å². The summed E-state index contributed by atoms with van der Waals surface area (Å²) in [4.78, 5) is 47.0. The zero-order valence-corrected chi connectivity index (χ0v) is 22.0. The smallest absolute Gasteiger partial charge is 0.365 e. The van der Waals surface area contributed by atoms with Crippen molar-refractivity contribution in [3.05, 3.63) is 80.4 Å². The van der Waals surface area contributed by atoms with Crippen molar-refractivity contribution in [2.75, 3.05) is 6.54 Å². The van der Waals surface area contributed by atoms with Gasteiger partial charge in [-0.2, -0.15) is 26.3 Å². The third kappa shape index (κ3) is 11.7. The van der Waals surface area contributed by atoms with Crippen molar-refractivity contribution >= 4 is 23.8 Å². The average Bonchev–Trinajstić information content (AvgIpc) is 2.91. The Balaban J connectivity index is 2.21. The first-order valence-corrected chi connectivity index (χ1v) is 12.2. The van der Waals surface area contributed by atoms with Crippen LogP contribution in [0.15, 0.2) is 47.6 Å². The molecular formula is C24H26F6N8O5. The van der Waals surface area contributed by atoms with E-state index in [1.807, 2.05) is 0 Å². The van der Waals surface area contributed by atoms with Gasteiger partial charge in [-0.05, 0) is 42.2 Å². The molecule has 2 rings (SSSR count). The average molecular weight is 621 g/mol. The van der Waals surface area contributed by atoms with Crippen LogP contribution in [0.2, 0.25) is 0 Å². The molecule has 0 aliphatic rings. The monoisotopic (exact) mass is 620 g/mol. The number of hydrogen-bond acceptors (Lipinski definition) is 5. The van der Waals surface area contributed by atoms with Gasteiger partial charge >= 0.3 is 18.4 Å². The third-order valence-corrected chi connectivity index (χ3v) is 5.59. The highest BCUT2D eigenvalue weighted by atomic mass is 19.4. The van der Waals surface area contributed by atoms with Crippen molar-refractivity contribution in [1.29, 1.82) is 0 Å². The molecule has 234 valence electrons. The molecule has 0 saturated carbocycles. The SMILES string of the molecule is NC(=O)NCc1ccc(CNC(=O)[C@@H](CCCNC(N)=N[N+](=O)[O-])NC(=O)c2cc(C(F)(F)F)cc(C(F)(F)F)c2)cc1. The maximum Gasteiger partial charge on any atom is 0.416 e. The molecular weight excluding hydrogens is 594 g/mol. The maximum atomic E-state index is 13.2. The zero-order valence-electron chi connectivity index (χ0n) is 22.0. The van der Waals surface area contributed by atoms with E-state index in [9.17, 15) is 50.8 Å². The first-order valence-electron chi connectivity index (χ1n) is 12.2. The van der Waals surface area contributed by atoms with Crippen molar-refractivity contribution in [1.82, 2.24) is 21.3 Å². The number of hydrogen-bond donors (Lipinski definition) is 6. The summed E-state index contributed by atoms with van der Waals surface area (Å²) in [5, 5.41) is 21.5. The number of nitrogens with zero attached hydrogens (tertiary/aromatic N) is 2. The number of hydrazone groups is 1. The van der Waals surface area contributed by atoms with Crippen LogP contribution in [0.5, 0.6) is 0 Å². The number of halogens is 6. The zero-order chi connectivity index (χ0) is 32.4. The van der Waals surface area contributed by atoms with Gasteiger partial charge in [0.05, 0.1) is 11.1 Å². The van der Waals surface area contributed by atoms with Gasteiger partial charge in [-0.25, -0.2) is 14.9 Å². The minimum atomic E-state index is -5.20. The Kier molecular flexibility index (Phi) is 11.6. The Morgan fingerprint density at radius 2 is 1.37 bits per heavy atom. The first-order chi connectivity index (χ1) is 20.0. The number of nitrogens with one attached hydrogen (secondary N) is 4. The van der Waals surface area contributed by atoms with Crippen molar-refractivity contribution in [2.45, 2.75) is 44.3 Å². The largest absolute Gasteiger partial charge is 0.416 e. The number of rotatable bonds is 12. The summed E-state index contributed by atoms with van der Waals surface area (Å²) in [6, 6.07) is 4.60. The number of nitro groups is 1. The number of urea groups is 1. The number of nitrogens with two attached hydrogens (primary N) is 2. The van der Waals surface area contributed by atoms with Gasteiger partial charge in [-0.1, -0.05) is 24.3 Å². The van der Waals surface area contributed by atoms with Gasteiger partial charge in [-0.3, -0.25) is 9.59 Å². The van der Waals surface area contributed by atoms with Crippen LogP contribution in [-0.2, 0) is 30.2 Å². The summed E-state index contributed by atoms with van der Waals surface area (Å²) in [6.45, 7) is -0.0325. The normalized spacial score (nSPS) is 12.7. The predicted molar refractivity (Wildman–Crippen MR) is 138 cm³/mol. The van der Waals surface area contributed by atoms with Gasteiger partial charge in [0.2, 0.25) is 5.91 Å². The second kappa shape index (κ2) is 14.7. The first kappa shape index (κ1) is 34.1. The van der Waals surface area contributed by atoms with E-state index in [1.54, 1.807) is 24.3 Å². The number of benzene rings is 2. The minimum absolute atomic E-state index is 0.00422. The third-order valence-electron chi connectivity index (χ3n) is 5.59. The Labute approximate surface area is 239 Å². The highest BCUT2D eigenvalue weighted by Gasteiger charge is 2.37. The molecule has 43 heavy (non-hydrogen) atoms. The molecule has 0 aromatic heterocycles. The minimum Gasteiger partial charge on any atom is -0.365 e. The van der Waals surface area contributed by atoms with Gasteiger partial charge in [0, 0.05) is 25.2 Å². The molecule has 0 fully saturated rings. The molecule has 0 radical (unpaired) electrons. The number of amides is 4. The van der Waals surface area contributed by atoms with Crippen LogP contribution < -0.4 is 32.7 Å². The Morgan fingerprint density at radius 1 is 0.860 bits per heavy atom. The molecule has 4 amide bonds. The van der Waals surface area contributed by atoms with Gasteiger partial charge in [-0.15, -0.1) is 0 Å². The van der Waals surface area contributed by atoms with E-state index in [0.29, 0.717) is 11.1 Å². The van der Waals surface area contributed by atoms with E-state index < -0.39 is 63.9 Å². The summed E-state index contributed by atoms with van der Waals surface area (Å²) < 4.78 is 79.5. The lowest BCUT2D eigenvalue weighted by molar-refractivity contribution is -0.485. The number of carbonyl (C=O) groups excluding carboxylic acids is 3. The topological polar surface area (TPSA) is 207 Å². The Morgan fingerprint density at radius 3 is 1.84 bits per heavy atom. The molecule has 0 bridgehead atoms. The van der Waals surface area contributed by atoms with Crippen molar-refractivity contribution in [3.8, 4) is 0 Å². The summed E-state index contributed by atoms with van der Waals surface area (Å²) in [6.07, 6.45) is -10.6. The van der Waals surface area contributed by atoms with E-state index >= 15 is 0 Å². The Bertz CT molecular complexity index is 1320. The molecule has 8 N–H and O–H groups in total. The fourth-order valence-corrected chi connectivity index (χ4v) is 3.52. The fraction of sp³-hybridized carbons (Fsp3) is 0.333. The summed E-state index contributed by atoms with van der Waals surface area (Å²) >= 11 is 0. The van der Waals surface area contributed by atoms with Crippen molar-refractivity contribution in [2.24, 2.45) is 16.6 Å². The second-order valence-electron chi connectivity index (χ2n) is 8.86. The second-order valence-corrected chi connectivity index (χ2v) is 8.86. The standard InChI is InChI=1S/C24H26F6N8O5/c25-23(26,27)16-8-15(9-17(10-16)24(28,29)30)19(39)36-18(2-1-7-33-21(31)37-38(42)43)20(40)34-11-13-3-5-14(6-4-13)12-35-22(32)41/h3-6,8-10,18H,1-2,7,11-12H2,(H,34,40)(H,36,39)(H3,31,33,37)(H3,32,35,41)/t18-/m1/s1. The van der Waals surface area contributed by atoms with Gasteiger partial charge in [0.1, 0.15) is 11.1 Å². The van der Waals surface area contributed by atoms with Crippen LogP contribution in [0.25, 0.3) is 0 Å². The molecule has 2 aromatic rings. The van der Waals surface area contributed by atoms with Gasteiger partial charge < -0.3 is 32.7 Å². The number of guanidine groups is 1. The predicted octanol–water partition coefficient (Wildman–Crippen LogP) is 2.18. The Hall–Kier alpha value is -5.10. The number of primary amides is 1. The molecule has 0 heterocycles. The molecule has 0 saturated heterocycles. The maximum absolute atomic E-state index is 13.2. The molecule has 0 aliphatic heterocycles. The van der Waals surface area contributed by atoms with E-state index in [4.69, 9.17) is 11.5 Å². The van der Waals surface area contributed by atoms with E-state index in [1.165, 1.54) is 0 Å². The number of carbonyl (C=O) groups is 3. The summed E-state index contributed by atoms with van der Waals surface area (Å²) in [5.41, 5.74) is 7.15. The van der Waals surface area contributed by atoms with Crippen LogP contribution in [0, 0.1) is 10.1 Å². The quantitative estimate of drug-likeness (QED) is 0.0520. The van der Waals surface area contributed by atoms with E-state index in [0.717, 1.165) is 0 Å². The lowest BCUT2D eigenvalue weighted by atomic mass is 10.0. The van der Waals surface area contributed by atoms with Crippen LogP contribution in [0.1, 0.15) is 45.5 Å². The molecule has 0 aliphatic carbocycles. The molecule has 19 heteroatoms.